The second-order valence-corrected chi connectivity index (χ2v) is 8.14. The molecule has 1 unspecified atom stereocenters. The van der Waals surface area contributed by atoms with Crippen molar-refractivity contribution in [2.75, 3.05) is 13.7 Å². The van der Waals surface area contributed by atoms with Gasteiger partial charge >= 0.3 is 5.91 Å². The summed E-state index contributed by atoms with van der Waals surface area (Å²) in [6, 6.07) is 7.59. The molecular formula is C25H29N2O4+. The third-order valence-electron chi connectivity index (χ3n) is 5.91. The van der Waals surface area contributed by atoms with Crippen LogP contribution in [0.1, 0.15) is 44.1 Å². The molecule has 1 heterocycles. The highest BCUT2D eigenvalue weighted by atomic mass is 16.5. The molecule has 1 fully saturated rings. The van der Waals surface area contributed by atoms with E-state index in [1.165, 1.54) is 17.4 Å². The fourth-order valence-corrected chi connectivity index (χ4v) is 4.24. The van der Waals surface area contributed by atoms with Gasteiger partial charge in [0.15, 0.2) is 0 Å². The van der Waals surface area contributed by atoms with Crippen molar-refractivity contribution in [3.63, 3.8) is 0 Å². The molecule has 6 nitrogen and oxygen atoms in total. The van der Waals surface area contributed by atoms with Crippen LogP contribution in [0.2, 0.25) is 0 Å². The lowest BCUT2D eigenvalue weighted by molar-refractivity contribution is -0.443. The SMILES string of the molecule is COc1ccc(/C=C2\OC3C=CC=CC3=[N+](CC(=O)NC3CCCCCC3)C2=O)cc1. The van der Waals surface area contributed by atoms with Gasteiger partial charge in [0, 0.05) is 12.1 Å². The Morgan fingerprint density at radius 3 is 2.61 bits per heavy atom. The zero-order valence-electron chi connectivity index (χ0n) is 17.9. The van der Waals surface area contributed by atoms with Crippen LogP contribution in [0.3, 0.4) is 0 Å². The second kappa shape index (κ2) is 9.77. The van der Waals surface area contributed by atoms with Crippen LogP contribution < -0.4 is 10.1 Å². The van der Waals surface area contributed by atoms with Gasteiger partial charge < -0.3 is 14.8 Å². The summed E-state index contributed by atoms with van der Waals surface area (Å²) < 4.78 is 12.7. The summed E-state index contributed by atoms with van der Waals surface area (Å²) >= 11 is 0. The van der Waals surface area contributed by atoms with Crippen LogP contribution in [0.4, 0.5) is 0 Å². The Hall–Kier alpha value is -3.15. The molecule has 3 aliphatic rings. The molecule has 0 bridgehead atoms. The highest BCUT2D eigenvalue weighted by Crippen LogP contribution is 2.22. The molecule has 0 saturated heterocycles. The van der Waals surface area contributed by atoms with Gasteiger partial charge in [-0.3, -0.25) is 4.79 Å². The molecule has 4 rings (SSSR count). The van der Waals surface area contributed by atoms with E-state index >= 15 is 0 Å². The summed E-state index contributed by atoms with van der Waals surface area (Å²) in [6.07, 6.45) is 15.5. The molecule has 0 aromatic heterocycles. The molecule has 1 aromatic carbocycles. The van der Waals surface area contributed by atoms with E-state index in [9.17, 15) is 9.59 Å². The fourth-order valence-electron chi connectivity index (χ4n) is 4.24. The van der Waals surface area contributed by atoms with E-state index in [4.69, 9.17) is 9.47 Å². The first-order chi connectivity index (χ1) is 15.1. The maximum atomic E-state index is 13.2. The summed E-state index contributed by atoms with van der Waals surface area (Å²) in [5, 5.41) is 3.14. The van der Waals surface area contributed by atoms with E-state index in [1.54, 1.807) is 13.2 Å². The zero-order chi connectivity index (χ0) is 21.6. The maximum Gasteiger partial charge on any atom is 0.455 e. The summed E-state index contributed by atoms with van der Waals surface area (Å²) in [6.45, 7) is -0.0113. The Bertz CT molecular complexity index is 948. The topological polar surface area (TPSA) is 67.6 Å². The molecule has 6 heteroatoms. The van der Waals surface area contributed by atoms with Crippen molar-refractivity contribution in [1.29, 1.82) is 0 Å². The molecule has 2 amide bonds. The van der Waals surface area contributed by atoms with Gasteiger partial charge in [-0.1, -0.05) is 50.0 Å². The van der Waals surface area contributed by atoms with Crippen molar-refractivity contribution in [3.05, 3.63) is 59.9 Å². The van der Waals surface area contributed by atoms with Gasteiger partial charge in [0.05, 0.1) is 7.11 Å². The van der Waals surface area contributed by atoms with Crippen LogP contribution in [-0.4, -0.2) is 47.9 Å². The summed E-state index contributed by atoms with van der Waals surface area (Å²) in [7, 11) is 1.61. The van der Waals surface area contributed by atoms with Crippen LogP contribution in [0.15, 0.2) is 54.3 Å². The van der Waals surface area contributed by atoms with Crippen molar-refractivity contribution in [3.8, 4) is 5.75 Å². The first-order valence-electron chi connectivity index (χ1n) is 11.0. The number of nitrogens with zero attached hydrogens (tertiary/aromatic N) is 1. The second-order valence-electron chi connectivity index (χ2n) is 8.14. The lowest BCUT2D eigenvalue weighted by Gasteiger charge is -2.23. The number of rotatable bonds is 5. The minimum atomic E-state index is -0.391. The summed E-state index contributed by atoms with van der Waals surface area (Å²) in [5.41, 5.74) is 1.51. The maximum absolute atomic E-state index is 13.2. The van der Waals surface area contributed by atoms with Crippen LogP contribution in [-0.2, 0) is 14.3 Å². The first-order valence-corrected chi connectivity index (χ1v) is 11.0. The van der Waals surface area contributed by atoms with E-state index in [1.807, 2.05) is 48.6 Å². The highest BCUT2D eigenvalue weighted by molar-refractivity contribution is 6.06. The van der Waals surface area contributed by atoms with Crippen molar-refractivity contribution < 1.29 is 23.6 Å². The third-order valence-corrected chi connectivity index (χ3v) is 5.91. The molecular weight excluding hydrogens is 392 g/mol. The van der Waals surface area contributed by atoms with Crippen LogP contribution in [0, 0.1) is 0 Å². The fraction of sp³-hybridized carbons (Fsp3) is 0.400. The van der Waals surface area contributed by atoms with E-state index in [0.29, 0.717) is 5.71 Å². The number of benzene rings is 1. The van der Waals surface area contributed by atoms with Gasteiger partial charge in [0.2, 0.25) is 24.1 Å². The van der Waals surface area contributed by atoms with Crippen molar-refractivity contribution >= 4 is 23.6 Å². The van der Waals surface area contributed by atoms with Crippen LogP contribution in [0.25, 0.3) is 6.08 Å². The van der Waals surface area contributed by atoms with Gasteiger partial charge in [-0.25, -0.2) is 4.79 Å². The number of carbonyl (C=O) groups is 2. The molecule has 0 radical (unpaired) electrons. The van der Waals surface area contributed by atoms with Crippen LogP contribution >= 0.6 is 0 Å². The van der Waals surface area contributed by atoms with E-state index < -0.39 is 6.10 Å². The molecule has 1 aliphatic heterocycles. The van der Waals surface area contributed by atoms with E-state index in [2.05, 4.69) is 5.32 Å². The van der Waals surface area contributed by atoms with Gasteiger partial charge in [-0.2, -0.15) is 0 Å². The van der Waals surface area contributed by atoms with Crippen molar-refractivity contribution in [2.24, 2.45) is 0 Å². The number of ether oxygens (including phenoxy) is 2. The number of nitrogens with one attached hydrogen (secondary N) is 1. The highest BCUT2D eigenvalue weighted by Gasteiger charge is 2.40. The third kappa shape index (κ3) is 5.13. The standard InChI is InChI=1S/C25H28N2O4/c1-30-20-14-12-18(13-15-20)16-23-25(29)27(21-10-6-7-11-22(21)31-23)17-24(28)26-19-8-4-2-3-5-9-19/h6-7,10-16,19,22H,2-5,8-9,17H2,1H3/p+1/b23-16-. The molecule has 1 aromatic rings. The molecule has 2 aliphatic carbocycles. The summed E-state index contributed by atoms with van der Waals surface area (Å²) in [5.74, 6) is 0.533. The number of hydrogen-bond donors (Lipinski definition) is 1. The largest absolute Gasteiger partial charge is 0.497 e. The number of carbonyl (C=O) groups excluding carboxylic acids is 2. The van der Waals surface area contributed by atoms with Crippen LogP contribution in [0.5, 0.6) is 5.75 Å². The molecule has 1 saturated carbocycles. The Balaban J connectivity index is 1.55. The number of amides is 2. The number of fused-ring (bicyclic) bond motifs is 1. The van der Waals surface area contributed by atoms with E-state index in [-0.39, 0.29) is 30.2 Å². The monoisotopic (exact) mass is 421 g/mol. The van der Waals surface area contributed by atoms with E-state index in [0.717, 1.165) is 37.0 Å². The van der Waals surface area contributed by atoms with Gasteiger partial charge in [-0.15, -0.1) is 4.58 Å². The van der Waals surface area contributed by atoms with Gasteiger partial charge in [0.1, 0.15) is 5.75 Å². The predicted molar refractivity (Wildman–Crippen MR) is 119 cm³/mol. The van der Waals surface area contributed by atoms with Crippen molar-refractivity contribution in [2.45, 2.75) is 50.7 Å². The quantitative estimate of drug-likeness (QED) is 0.450. The number of hydrogen-bond acceptors (Lipinski definition) is 4. The molecule has 1 N–H and O–H groups in total. The Kier molecular flexibility index (Phi) is 6.65. The normalized spacial score (nSPS) is 22.7. The number of allylic oxidation sites excluding steroid dienone is 2. The zero-order valence-corrected chi connectivity index (χ0v) is 17.9. The average Bonchev–Trinajstić information content (AvgIpc) is 3.05. The predicted octanol–water partition coefficient (Wildman–Crippen LogP) is 3.38. The lowest BCUT2D eigenvalue weighted by Crippen LogP contribution is -2.47. The smallest absolute Gasteiger partial charge is 0.455 e. The molecule has 1 atom stereocenters. The average molecular weight is 422 g/mol. The molecule has 31 heavy (non-hydrogen) atoms. The molecule has 0 spiro atoms. The molecule has 162 valence electrons. The van der Waals surface area contributed by atoms with Crippen molar-refractivity contribution in [1.82, 2.24) is 5.32 Å². The lowest BCUT2D eigenvalue weighted by atomic mass is 10.1. The minimum Gasteiger partial charge on any atom is -0.497 e. The van der Waals surface area contributed by atoms with Gasteiger partial charge in [0.25, 0.3) is 5.91 Å². The summed E-state index contributed by atoms with van der Waals surface area (Å²) in [4.78, 5) is 26.1. The minimum absolute atomic E-state index is 0.0113. The Morgan fingerprint density at radius 1 is 1.16 bits per heavy atom. The van der Waals surface area contributed by atoms with Gasteiger partial charge in [-0.05, 0) is 42.7 Å². The number of methoxy groups -OCH3 is 1. The Morgan fingerprint density at radius 2 is 1.90 bits per heavy atom. The first kappa shape index (κ1) is 21.1. The Labute approximate surface area is 182 Å².